The Balaban J connectivity index is 1.57. The quantitative estimate of drug-likeness (QED) is 0.460. The van der Waals surface area contributed by atoms with Gasteiger partial charge in [0, 0.05) is 10.9 Å². The smallest absolute Gasteiger partial charge is 0.262 e. The van der Waals surface area contributed by atoms with Gasteiger partial charge in [-0.05, 0) is 61.5 Å². The first-order valence-corrected chi connectivity index (χ1v) is 11.1. The van der Waals surface area contributed by atoms with E-state index in [0.29, 0.717) is 24.6 Å². The lowest BCUT2D eigenvalue weighted by molar-refractivity contribution is -0.118. The molecule has 0 unspecified atom stereocenters. The van der Waals surface area contributed by atoms with E-state index in [4.69, 9.17) is 18.9 Å². The number of anilines is 1. The summed E-state index contributed by atoms with van der Waals surface area (Å²) in [5, 5.41) is 4.93. The Bertz CT molecular complexity index is 1300. The van der Waals surface area contributed by atoms with Crippen molar-refractivity contribution < 1.29 is 18.7 Å². The van der Waals surface area contributed by atoms with Crippen molar-refractivity contribution in [3.8, 4) is 22.8 Å². The maximum Gasteiger partial charge on any atom is 0.262 e. The number of amides is 1. The molecule has 0 fully saturated rings. The van der Waals surface area contributed by atoms with Crippen LogP contribution in [0.25, 0.3) is 11.3 Å². The third kappa shape index (κ3) is 4.17. The molecule has 1 aliphatic rings. The van der Waals surface area contributed by atoms with E-state index < -0.39 is 0 Å². The third-order valence-corrected chi connectivity index (χ3v) is 5.84. The van der Waals surface area contributed by atoms with E-state index in [0.717, 1.165) is 33.3 Å². The van der Waals surface area contributed by atoms with Crippen LogP contribution in [0.5, 0.6) is 11.5 Å². The summed E-state index contributed by atoms with van der Waals surface area (Å²) in [5.74, 6) is 2.16. The highest BCUT2D eigenvalue weighted by molar-refractivity contribution is 7.07. The molecule has 2 aromatic carbocycles. The summed E-state index contributed by atoms with van der Waals surface area (Å²) in [6.45, 7) is 3.15. The average molecular weight is 448 g/mol. The molecule has 0 atom stereocenters. The van der Waals surface area contributed by atoms with E-state index in [1.54, 1.807) is 17.6 Å². The fourth-order valence-corrected chi connectivity index (χ4v) is 4.43. The fraction of sp³-hybridized carbons (Fsp3) is 0.167. The van der Waals surface area contributed by atoms with Crippen molar-refractivity contribution in [2.75, 3.05) is 18.5 Å². The van der Waals surface area contributed by atoms with Crippen LogP contribution in [0.15, 0.2) is 75.7 Å². The zero-order chi connectivity index (χ0) is 21.9. The van der Waals surface area contributed by atoms with Gasteiger partial charge in [0.1, 0.15) is 17.3 Å². The van der Waals surface area contributed by atoms with Crippen LogP contribution in [-0.4, -0.2) is 23.7 Å². The highest BCUT2D eigenvalue weighted by Gasteiger charge is 2.18. The van der Waals surface area contributed by atoms with Crippen LogP contribution in [-0.2, 0) is 11.3 Å². The van der Waals surface area contributed by atoms with E-state index in [1.165, 1.54) is 0 Å². The summed E-state index contributed by atoms with van der Waals surface area (Å²) in [5.41, 5.74) is 3.42. The summed E-state index contributed by atoms with van der Waals surface area (Å²) >= 11 is 1.54. The van der Waals surface area contributed by atoms with Crippen LogP contribution in [0.2, 0.25) is 0 Å². The van der Waals surface area contributed by atoms with Crippen LogP contribution in [0.3, 0.4) is 0 Å². The first kappa shape index (κ1) is 20.1. The molecule has 0 radical (unpaired) electrons. The Morgan fingerprint density at radius 3 is 2.84 bits per heavy atom. The van der Waals surface area contributed by atoms with Crippen LogP contribution in [0, 0.1) is 0 Å². The van der Waals surface area contributed by atoms with E-state index in [9.17, 15) is 4.79 Å². The van der Waals surface area contributed by atoms with E-state index >= 15 is 0 Å². The second-order valence-corrected chi connectivity index (χ2v) is 7.99. The SMILES string of the molecule is CCOc1ccc(N=c2scc(-c3ccc4c(c3)NC(=O)CO4)n2Cc2ccco2)cc1. The third-order valence-electron chi connectivity index (χ3n) is 4.97. The molecule has 5 rings (SSSR count). The Kier molecular flexibility index (Phi) is 5.51. The first-order chi connectivity index (χ1) is 15.7. The molecule has 0 saturated carbocycles. The zero-order valence-corrected chi connectivity index (χ0v) is 18.2. The van der Waals surface area contributed by atoms with Crippen molar-refractivity contribution in [3.63, 3.8) is 0 Å². The van der Waals surface area contributed by atoms with Crippen LogP contribution in [0.1, 0.15) is 12.7 Å². The van der Waals surface area contributed by atoms with Crippen molar-refractivity contribution in [2.45, 2.75) is 13.5 Å². The molecule has 32 heavy (non-hydrogen) atoms. The molecule has 2 aromatic heterocycles. The number of hydrogen-bond acceptors (Lipinski definition) is 6. The summed E-state index contributed by atoms with van der Waals surface area (Å²) in [6, 6.07) is 17.3. The number of furan rings is 1. The minimum atomic E-state index is -0.158. The topological polar surface area (TPSA) is 78.0 Å². The molecule has 4 aromatic rings. The number of thiazole rings is 1. The average Bonchev–Trinajstić information content (AvgIpc) is 3.46. The Labute approximate surface area is 188 Å². The lowest BCUT2D eigenvalue weighted by atomic mass is 10.1. The number of carbonyl (C=O) groups excluding carboxylic acids is 1. The molecule has 1 N–H and O–H groups in total. The number of benzene rings is 2. The van der Waals surface area contributed by atoms with Crippen molar-refractivity contribution in [1.82, 2.24) is 4.57 Å². The van der Waals surface area contributed by atoms with Crippen molar-refractivity contribution in [2.24, 2.45) is 4.99 Å². The molecular formula is C24H21N3O4S. The molecule has 8 heteroatoms. The minimum absolute atomic E-state index is 0.0361. The minimum Gasteiger partial charge on any atom is -0.494 e. The van der Waals surface area contributed by atoms with E-state index in [2.05, 4.69) is 15.3 Å². The van der Waals surface area contributed by atoms with E-state index in [1.807, 2.05) is 61.5 Å². The standard InChI is InChI=1S/C24H21N3O4S/c1-2-29-18-8-6-17(7-9-18)25-24-27(13-19-4-3-11-30-19)21(15-32-24)16-5-10-22-20(12-16)26-23(28)14-31-22/h3-12,15H,2,13-14H2,1H3,(H,26,28). The van der Waals surface area contributed by atoms with Gasteiger partial charge in [-0.3, -0.25) is 4.79 Å². The maximum atomic E-state index is 11.7. The predicted molar refractivity (Wildman–Crippen MR) is 123 cm³/mol. The maximum absolute atomic E-state index is 11.7. The molecule has 0 bridgehead atoms. The first-order valence-electron chi connectivity index (χ1n) is 10.2. The van der Waals surface area contributed by atoms with Gasteiger partial charge in [-0.15, -0.1) is 11.3 Å². The molecule has 0 saturated heterocycles. The van der Waals surface area contributed by atoms with Crippen LogP contribution >= 0.6 is 11.3 Å². The number of nitrogens with zero attached hydrogens (tertiary/aromatic N) is 2. The summed E-state index contributed by atoms with van der Waals surface area (Å²) in [7, 11) is 0. The Hall–Kier alpha value is -3.78. The number of ether oxygens (including phenoxy) is 2. The second kappa shape index (κ2) is 8.76. The Morgan fingerprint density at radius 2 is 2.06 bits per heavy atom. The molecule has 3 heterocycles. The van der Waals surface area contributed by atoms with Gasteiger partial charge in [0.2, 0.25) is 0 Å². The van der Waals surface area contributed by atoms with Gasteiger partial charge in [-0.2, -0.15) is 0 Å². The van der Waals surface area contributed by atoms with Crippen molar-refractivity contribution >= 4 is 28.6 Å². The number of fused-ring (bicyclic) bond motifs is 1. The molecule has 1 aliphatic heterocycles. The molecule has 7 nitrogen and oxygen atoms in total. The lowest BCUT2D eigenvalue weighted by Crippen LogP contribution is -2.25. The number of rotatable bonds is 6. The van der Waals surface area contributed by atoms with Gasteiger partial charge in [0.05, 0.1) is 36.5 Å². The largest absolute Gasteiger partial charge is 0.494 e. The van der Waals surface area contributed by atoms with Gasteiger partial charge >= 0.3 is 0 Å². The summed E-state index contributed by atoms with van der Waals surface area (Å²) in [6.07, 6.45) is 1.66. The molecule has 162 valence electrons. The van der Waals surface area contributed by atoms with E-state index in [-0.39, 0.29) is 12.5 Å². The fourth-order valence-electron chi connectivity index (χ4n) is 3.50. The summed E-state index contributed by atoms with van der Waals surface area (Å²) < 4.78 is 18.7. The Morgan fingerprint density at radius 1 is 1.19 bits per heavy atom. The molecule has 0 spiro atoms. The van der Waals surface area contributed by atoms with Crippen LogP contribution < -0.4 is 19.6 Å². The molecular weight excluding hydrogens is 426 g/mol. The van der Waals surface area contributed by atoms with Gasteiger partial charge in [-0.1, -0.05) is 0 Å². The summed E-state index contributed by atoms with van der Waals surface area (Å²) in [4.78, 5) is 17.4. The monoisotopic (exact) mass is 447 g/mol. The molecule has 1 amide bonds. The second-order valence-electron chi connectivity index (χ2n) is 7.16. The number of hydrogen-bond donors (Lipinski definition) is 1. The highest BCUT2D eigenvalue weighted by atomic mass is 32.1. The zero-order valence-electron chi connectivity index (χ0n) is 17.4. The molecule has 0 aliphatic carbocycles. The van der Waals surface area contributed by atoms with Crippen molar-refractivity contribution in [3.05, 3.63) is 76.8 Å². The lowest BCUT2D eigenvalue weighted by Gasteiger charge is -2.18. The number of aromatic nitrogens is 1. The predicted octanol–water partition coefficient (Wildman–Crippen LogP) is 4.82. The highest BCUT2D eigenvalue weighted by Crippen LogP contribution is 2.33. The number of carbonyl (C=O) groups is 1. The van der Waals surface area contributed by atoms with Crippen molar-refractivity contribution in [1.29, 1.82) is 0 Å². The van der Waals surface area contributed by atoms with Crippen LogP contribution in [0.4, 0.5) is 11.4 Å². The van der Waals surface area contributed by atoms with Gasteiger partial charge in [0.25, 0.3) is 5.91 Å². The van der Waals surface area contributed by atoms with Gasteiger partial charge in [0.15, 0.2) is 11.4 Å². The normalized spacial score (nSPS) is 13.4. The van der Waals surface area contributed by atoms with Gasteiger partial charge < -0.3 is 23.8 Å². The number of nitrogens with one attached hydrogen (secondary N) is 1. The van der Waals surface area contributed by atoms with Gasteiger partial charge in [-0.25, -0.2) is 4.99 Å².